The molecule has 0 spiro atoms. The lowest BCUT2D eigenvalue weighted by atomic mass is 10.1. The molecule has 0 radical (unpaired) electrons. The van der Waals surface area contributed by atoms with Crippen LogP contribution in [0.5, 0.6) is 0 Å². The fraction of sp³-hybridized carbons (Fsp3) is 0.600. The van der Waals surface area contributed by atoms with Crippen LogP contribution in [0.3, 0.4) is 0 Å². The van der Waals surface area contributed by atoms with Crippen LogP contribution in [0, 0.1) is 0 Å². The number of aromatic carboxylic acids is 1. The summed E-state index contributed by atoms with van der Waals surface area (Å²) < 4.78 is 5.20. The van der Waals surface area contributed by atoms with Crippen LogP contribution in [0.2, 0.25) is 0 Å². The van der Waals surface area contributed by atoms with E-state index >= 15 is 0 Å². The summed E-state index contributed by atoms with van der Waals surface area (Å²) in [6.07, 6.45) is 12.3. The molecule has 1 rings (SSSR count). The maximum absolute atomic E-state index is 11.9. The molecule has 24 heavy (non-hydrogen) atoms. The van der Waals surface area contributed by atoms with Crippen LogP contribution >= 0.6 is 0 Å². The van der Waals surface area contributed by atoms with Crippen LogP contribution in [0.4, 0.5) is 0 Å². The van der Waals surface area contributed by atoms with Crippen LogP contribution in [0.25, 0.3) is 0 Å². The van der Waals surface area contributed by atoms with Crippen molar-refractivity contribution in [3.05, 3.63) is 35.4 Å². The van der Waals surface area contributed by atoms with Crippen molar-refractivity contribution in [1.29, 1.82) is 0 Å². The van der Waals surface area contributed by atoms with E-state index in [2.05, 4.69) is 6.92 Å². The van der Waals surface area contributed by atoms with Crippen molar-refractivity contribution in [1.82, 2.24) is 0 Å². The molecule has 4 nitrogen and oxygen atoms in total. The summed E-state index contributed by atoms with van der Waals surface area (Å²) in [4.78, 5) is 22.7. The van der Waals surface area contributed by atoms with Crippen molar-refractivity contribution < 1.29 is 19.4 Å². The Kier molecular flexibility index (Phi) is 10.6. The van der Waals surface area contributed by atoms with Crippen LogP contribution in [0.1, 0.15) is 91.8 Å². The van der Waals surface area contributed by atoms with E-state index in [1.165, 1.54) is 63.5 Å². The molecule has 0 fully saturated rings. The predicted octanol–water partition coefficient (Wildman–Crippen LogP) is 5.46. The van der Waals surface area contributed by atoms with Crippen molar-refractivity contribution in [2.75, 3.05) is 6.61 Å². The zero-order valence-electron chi connectivity index (χ0n) is 14.8. The molecule has 0 saturated carbocycles. The van der Waals surface area contributed by atoms with Crippen LogP contribution in [-0.2, 0) is 4.74 Å². The van der Waals surface area contributed by atoms with Crippen LogP contribution in [0.15, 0.2) is 24.3 Å². The molecule has 0 aliphatic carbocycles. The van der Waals surface area contributed by atoms with Crippen LogP contribution in [-0.4, -0.2) is 23.7 Å². The first-order valence-electron chi connectivity index (χ1n) is 9.15. The second kappa shape index (κ2) is 12.6. The van der Waals surface area contributed by atoms with Gasteiger partial charge in [-0.15, -0.1) is 0 Å². The summed E-state index contributed by atoms with van der Waals surface area (Å²) in [6, 6.07) is 5.94. The Balaban J connectivity index is 2.06. The molecule has 0 saturated heterocycles. The smallest absolute Gasteiger partial charge is 0.338 e. The highest BCUT2D eigenvalue weighted by atomic mass is 16.5. The Labute approximate surface area is 145 Å². The van der Waals surface area contributed by atoms with Crippen molar-refractivity contribution in [2.45, 2.75) is 71.1 Å². The predicted molar refractivity (Wildman–Crippen MR) is 95.5 cm³/mol. The molecule has 0 unspecified atom stereocenters. The highest BCUT2D eigenvalue weighted by Crippen LogP contribution is 2.11. The van der Waals surface area contributed by atoms with E-state index in [9.17, 15) is 9.59 Å². The zero-order chi connectivity index (χ0) is 17.6. The lowest BCUT2D eigenvalue weighted by molar-refractivity contribution is 0.0497. The lowest BCUT2D eigenvalue weighted by Gasteiger charge is -2.06. The highest BCUT2D eigenvalue weighted by molar-refractivity contribution is 5.94. The first-order valence-corrected chi connectivity index (χ1v) is 9.15. The molecule has 0 atom stereocenters. The van der Waals surface area contributed by atoms with E-state index < -0.39 is 11.9 Å². The molecular weight excluding hydrogens is 304 g/mol. The molecule has 0 aliphatic heterocycles. The van der Waals surface area contributed by atoms with Gasteiger partial charge in [0.1, 0.15) is 0 Å². The monoisotopic (exact) mass is 334 g/mol. The molecule has 1 aromatic rings. The molecule has 0 aliphatic rings. The number of ether oxygens (including phenoxy) is 1. The number of hydrogen-bond acceptors (Lipinski definition) is 3. The van der Waals surface area contributed by atoms with E-state index in [0.717, 1.165) is 12.8 Å². The lowest BCUT2D eigenvalue weighted by Crippen LogP contribution is -2.08. The van der Waals surface area contributed by atoms with Gasteiger partial charge >= 0.3 is 11.9 Å². The van der Waals surface area contributed by atoms with Crippen molar-refractivity contribution in [3.8, 4) is 0 Å². The summed E-state index contributed by atoms with van der Waals surface area (Å²) in [5, 5.41) is 8.92. The van der Waals surface area contributed by atoms with Gasteiger partial charge in [-0.25, -0.2) is 9.59 Å². The maximum Gasteiger partial charge on any atom is 0.338 e. The van der Waals surface area contributed by atoms with E-state index in [-0.39, 0.29) is 5.56 Å². The molecule has 0 bridgehead atoms. The second-order valence-electron chi connectivity index (χ2n) is 6.20. The average Bonchev–Trinajstić information content (AvgIpc) is 2.59. The summed E-state index contributed by atoms with van der Waals surface area (Å²) in [5.74, 6) is -1.49. The molecule has 4 heteroatoms. The minimum absolute atomic E-state index is 0.100. The van der Waals surface area contributed by atoms with E-state index in [0.29, 0.717) is 12.2 Å². The maximum atomic E-state index is 11.9. The third kappa shape index (κ3) is 8.70. The molecule has 1 N–H and O–H groups in total. The Morgan fingerprint density at radius 3 is 2.00 bits per heavy atom. The largest absolute Gasteiger partial charge is 0.478 e. The second-order valence-corrected chi connectivity index (χ2v) is 6.20. The van der Waals surface area contributed by atoms with Gasteiger partial charge in [-0.2, -0.15) is 0 Å². The van der Waals surface area contributed by atoms with Gasteiger partial charge in [-0.1, -0.05) is 70.8 Å². The van der Waals surface area contributed by atoms with Gasteiger partial charge in [0.25, 0.3) is 0 Å². The quantitative estimate of drug-likeness (QED) is 0.384. The van der Waals surface area contributed by atoms with Gasteiger partial charge < -0.3 is 9.84 Å². The summed E-state index contributed by atoms with van der Waals surface area (Å²) >= 11 is 0. The van der Waals surface area contributed by atoms with E-state index in [4.69, 9.17) is 9.84 Å². The zero-order valence-corrected chi connectivity index (χ0v) is 14.8. The highest BCUT2D eigenvalue weighted by Gasteiger charge is 2.10. The van der Waals surface area contributed by atoms with Crippen molar-refractivity contribution >= 4 is 11.9 Å². The van der Waals surface area contributed by atoms with Crippen molar-refractivity contribution in [3.63, 3.8) is 0 Å². The fourth-order valence-corrected chi connectivity index (χ4v) is 2.62. The average molecular weight is 334 g/mol. The molecule has 0 aromatic heterocycles. The molecule has 134 valence electrons. The van der Waals surface area contributed by atoms with Crippen LogP contribution < -0.4 is 0 Å². The SMILES string of the molecule is CCCCCCCCCCCCOC(=O)c1cccc(C(=O)O)c1. The minimum atomic E-state index is -1.04. The number of benzene rings is 1. The topological polar surface area (TPSA) is 63.6 Å². The number of unbranched alkanes of at least 4 members (excludes halogenated alkanes) is 9. The molecule has 0 amide bonds. The number of hydrogen-bond donors (Lipinski definition) is 1. The fourth-order valence-electron chi connectivity index (χ4n) is 2.62. The number of carbonyl (C=O) groups excluding carboxylic acids is 1. The Morgan fingerprint density at radius 2 is 1.42 bits per heavy atom. The summed E-state index contributed by atoms with van der Waals surface area (Å²) in [7, 11) is 0. The van der Waals surface area contributed by atoms with Gasteiger partial charge in [0, 0.05) is 0 Å². The van der Waals surface area contributed by atoms with Gasteiger partial charge in [-0.3, -0.25) is 0 Å². The van der Waals surface area contributed by atoms with Gasteiger partial charge in [0.2, 0.25) is 0 Å². The Bertz CT molecular complexity index is 496. The van der Waals surface area contributed by atoms with E-state index in [1.807, 2.05) is 0 Å². The normalized spacial score (nSPS) is 10.5. The van der Waals surface area contributed by atoms with Gasteiger partial charge in [0.05, 0.1) is 17.7 Å². The Hall–Kier alpha value is -1.84. The molecular formula is C20H30O4. The third-order valence-corrected chi connectivity index (χ3v) is 4.08. The third-order valence-electron chi connectivity index (χ3n) is 4.08. The minimum Gasteiger partial charge on any atom is -0.478 e. The standard InChI is InChI=1S/C20H30O4/c1-2-3-4-5-6-7-8-9-10-11-15-24-20(23)18-14-12-13-17(16-18)19(21)22/h12-14,16H,2-11,15H2,1H3,(H,21,22). The summed E-state index contributed by atoms with van der Waals surface area (Å²) in [6.45, 7) is 2.63. The van der Waals surface area contributed by atoms with Gasteiger partial charge in [0.15, 0.2) is 0 Å². The number of esters is 1. The molecule has 1 aromatic carbocycles. The van der Waals surface area contributed by atoms with Gasteiger partial charge in [-0.05, 0) is 24.6 Å². The first-order chi connectivity index (χ1) is 11.6. The first kappa shape index (κ1) is 20.2. The molecule has 0 heterocycles. The number of rotatable bonds is 13. The number of carboxylic acid groups (broad SMARTS) is 1. The number of carboxylic acids is 1. The Morgan fingerprint density at radius 1 is 0.875 bits per heavy atom. The number of carbonyl (C=O) groups is 2. The van der Waals surface area contributed by atoms with Crippen molar-refractivity contribution in [2.24, 2.45) is 0 Å². The van der Waals surface area contributed by atoms with E-state index in [1.54, 1.807) is 12.1 Å². The summed E-state index contributed by atoms with van der Waals surface area (Å²) in [5.41, 5.74) is 0.394.